The van der Waals surface area contributed by atoms with Crippen molar-refractivity contribution in [1.82, 2.24) is 4.90 Å². The maximum Gasteiger partial charge on any atom is 0.308 e. The summed E-state index contributed by atoms with van der Waals surface area (Å²) in [5.41, 5.74) is -1.46. The van der Waals surface area contributed by atoms with E-state index in [9.17, 15) is 29.7 Å². The van der Waals surface area contributed by atoms with Gasteiger partial charge in [0.05, 0.1) is 43.0 Å². The van der Waals surface area contributed by atoms with E-state index in [1.165, 1.54) is 14.2 Å². The highest BCUT2D eigenvalue weighted by Crippen LogP contribution is 2.37. The Balaban J connectivity index is 1.95. The summed E-state index contributed by atoms with van der Waals surface area (Å²) in [4.78, 5) is 39.2. The standard InChI is InChI=1S/C39H65NO14/c1-11-29(43)52-37-25(5)50-31(21-39(37,6)46)53-34-24(4)51-38(33(45)32(34)40(7)8)54-35-26(17-18-41)19-22(2)27(42)16-14-12-13-15-23(3)49-30(44)20-28(47-9)36(35)48-10/h12-14,16,18,22-28,31-38,42,45-46H,11,15,17,19-21H2,1-10H3. The molecule has 0 aromatic rings. The zero-order valence-electron chi connectivity index (χ0n) is 33.6. The number of aliphatic hydroxyl groups is 3. The van der Waals surface area contributed by atoms with Gasteiger partial charge in [0.15, 0.2) is 18.7 Å². The zero-order chi connectivity index (χ0) is 40.3. The number of rotatable bonds is 11. The number of nitrogens with zero attached hydrogens (tertiary/aromatic N) is 1. The van der Waals surface area contributed by atoms with Crippen molar-refractivity contribution in [3.63, 3.8) is 0 Å². The number of ether oxygens (including phenoxy) is 8. The highest BCUT2D eigenvalue weighted by molar-refractivity contribution is 5.70. The lowest BCUT2D eigenvalue weighted by molar-refractivity contribution is -0.344. The van der Waals surface area contributed by atoms with E-state index in [-0.39, 0.29) is 31.6 Å². The van der Waals surface area contributed by atoms with Crippen LogP contribution < -0.4 is 0 Å². The van der Waals surface area contributed by atoms with Crippen LogP contribution in [-0.4, -0.2) is 152 Å². The number of allylic oxidation sites excluding steroid dienone is 2. The van der Waals surface area contributed by atoms with Gasteiger partial charge in [0.25, 0.3) is 0 Å². The molecule has 3 heterocycles. The third-order valence-electron chi connectivity index (χ3n) is 10.6. The van der Waals surface area contributed by atoms with Crippen molar-refractivity contribution < 1.29 is 67.6 Å². The lowest BCUT2D eigenvalue weighted by atomic mass is 9.82. The molecule has 15 nitrogen and oxygen atoms in total. The molecule has 0 saturated carbocycles. The van der Waals surface area contributed by atoms with Crippen LogP contribution in [0.1, 0.15) is 80.1 Å². The molecule has 0 bridgehead atoms. The maximum absolute atomic E-state index is 13.1. The summed E-state index contributed by atoms with van der Waals surface area (Å²) in [5.74, 6) is -1.87. The molecule has 0 aromatic carbocycles. The molecule has 16 unspecified atom stereocenters. The quantitative estimate of drug-likeness (QED) is 0.205. The number of cyclic esters (lactones) is 1. The fourth-order valence-corrected chi connectivity index (χ4v) is 7.68. The number of esters is 2. The molecule has 3 N–H and O–H groups in total. The van der Waals surface area contributed by atoms with Crippen LogP contribution in [0.15, 0.2) is 24.3 Å². The van der Waals surface area contributed by atoms with Gasteiger partial charge in [0, 0.05) is 39.9 Å². The van der Waals surface area contributed by atoms with Crippen LogP contribution in [-0.2, 0) is 52.3 Å². The average molecular weight is 772 g/mol. The molecular weight excluding hydrogens is 706 g/mol. The molecule has 310 valence electrons. The fraction of sp³-hybridized carbons (Fsp3) is 0.821. The summed E-state index contributed by atoms with van der Waals surface area (Å²) in [5, 5.41) is 34.3. The van der Waals surface area contributed by atoms with Crippen LogP contribution in [0.2, 0.25) is 0 Å². The van der Waals surface area contributed by atoms with Crippen molar-refractivity contribution >= 4 is 18.2 Å². The fourth-order valence-electron chi connectivity index (χ4n) is 7.68. The van der Waals surface area contributed by atoms with Gasteiger partial charge >= 0.3 is 11.9 Å². The summed E-state index contributed by atoms with van der Waals surface area (Å²) in [6, 6.07) is -0.719. The van der Waals surface area contributed by atoms with Gasteiger partial charge in [-0.25, -0.2) is 0 Å². The number of likely N-dealkylation sites (N-methyl/N-ethyl adjacent to an activating group) is 1. The van der Waals surface area contributed by atoms with Crippen LogP contribution in [0.3, 0.4) is 0 Å². The Morgan fingerprint density at radius 3 is 2.31 bits per heavy atom. The lowest BCUT2D eigenvalue weighted by Gasteiger charge is -2.50. The van der Waals surface area contributed by atoms with Crippen molar-refractivity contribution in [2.45, 2.75) is 165 Å². The maximum atomic E-state index is 13.1. The molecule has 0 amide bonds. The summed E-state index contributed by atoms with van der Waals surface area (Å²) < 4.78 is 48.5. The average Bonchev–Trinajstić information content (AvgIpc) is 3.09. The molecular formula is C39H65NO14. The Morgan fingerprint density at radius 1 is 1.02 bits per heavy atom. The third kappa shape index (κ3) is 12.3. The minimum atomic E-state index is -1.46. The van der Waals surface area contributed by atoms with E-state index in [2.05, 4.69) is 0 Å². The number of aldehydes is 1. The lowest BCUT2D eigenvalue weighted by Crippen LogP contribution is -2.66. The molecule has 54 heavy (non-hydrogen) atoms. The van der Waals surface area contributed by atoms with Gasteiger partial charge in [-0.3, -0.25) is 9.59 Å². The second-order valence-electron chi connectivity index (χ2n) is 15.3. The van der Waals surface area contributed by atoms with Gasteiger partial charge in [-0.15, -0.1) is 0 Å². The molecule has 3 aliphatic heterocycles. The summed E-state index contributed by atoms with van der Waals surface area (Å²) in [6.45, 7) is 10.3. The van der Waals surface area contributed by atoms with E-state index in [1.807, 2.05) is 13.0 Å². The molecule has 15 heteroatoms. The second kappa shape index (κ2) is 21.3. The van der Waals surface area contributed by atoms with Gasteiger partial charge in [0.2, 0.25) is 0 Å². The molecule has 0 aliphatic carbocycles. The highest BCUT2D eigenvalue weighted by atomic mass is 16.7. The van der Waals surface area contributed by atoms with Gasteiger partial charge in [0.1, 0.15) is 36.3 Å². The summed E-state index contributed by atoms with van der Waals surface area (Å²) in [7, 11) is 6.44. The van der Waals surface area contributed by atoms with E-state index in [0.29, 0.717) is 12.8 Å². The third-order valence-corrected chi connectivity index (χ3v) is 10.6. The Hall–Kier alpha value is -2.31. The van der Waals surface area contributed by atoms with Crippen molar-refractivity contribution in [3.05, 3.63) is 24.3 Å². The minimum Gasteiger partial charge on any atom is -0.462 e. The van der Waals surface area contributed by atoms with E-state index >= 15 is 0 Å². The topological polar surface area (TPSA) is 189 Å². The predicted molar refractivity (Wildman–Crippen MR) is 196 cm³/mol. The molecule has 16 atom stereocenters. The predicted octanol–water partition coefficient (Wildman–Crippen LogP) is 2.46. The molecule has 3 rings (SSSR count). The van der Waals surface area contributed by atoms with E-state index in [4.69, 9.17) is 37.9 Å². The Labute approximate surface area is 320 Å². The molecule has 2 saturated heterocycles. The normalized spacial score (nSPS) is 41.7. The van der Waals surface area contributed by atoms with Crippen LogP contribution in [0, 0.1) is 11.8 Å². The van der Waals surface area contributed by atoms with E-state index < -0.39 is 103 Å². The Bertz CT molecular complexity index is 1240. The largest absolute Gasteiger partial charge is 0.462 e. The molecule has 2 fully saturated rings. The molecule has 0 aromatic heterocycles. The van der Waals surface area contributed by atoms with Gasteiger partial charge in [-0.05, 0) is 60.0 Å². The van der Waals surface area contributed by atoms with Crippen molar-refractivity contribution in [2.24, 2.45) is 11.8 Å². The minimum absolute atomic E-state index is 0.00995. The van der Waals surface area contributed by atoms with Gasteiger partial charge < -0.3 is 62.9 Å². The number of carbonyl (C=O) groups is 3. The number of hydrogen-bond donors (Lipinski definition) is 3. The summed E-state index contributed by atoms with van der Waals surface area (Å²) in [6.07, 6.45) is -2.14. The Morgan fingerprint density at radius 2 is 1.72 bits per heavy atom. The SMILES string of the molecule is CCC(=O)OC1C(C)OC(OC2C(C)OC(OC3C(CC=O)CC(C)C(O)C=CC=CCC(C)OC(=O)CC(OC)C3OC)C(O)C2N(C)C)CC1(C)O. The zero-order valence-corrected chi connectivity index (χ0v) is 33.6. The first kappa shape index (κ1) is 46.1. The first-order valence-electron chi connectivity index (χ1n) is 19.1. The number of hydrogen-bond acceptors (Lipinski definition) is 15. The molecule has 3 aliphatic rings. The van der Waals surface area contributed by atoms with E-state index in [0.717, 1.165) is 6.29 Å². The van der Waals surface area contributed by atoms with Crippen LogP contribution in [0.5, 0.6) is 0 Å². The van der Waals surface area contributed by atoms with Crippen LogP contribution in [0.25, 0.3) is 0 Å². The van der Waals surface area contributed by atoms with Crippen molar-refractivity contribution in [1.29, 1.82) is 0 Å². The highest BCUT2D eigenvalue weighted by Gasteiger charge is 2.52. The van der Waals surface area contributed by atoms with Crippen molar-refractivity contribution in [2.75, 3.05) is 28.3 Å². The molecule has 0 spiro atoms. The van der Waals surface area contributed by atoms with E-state index in [1.54, 1.807) is 71.8 Å². The van der Waals surface area contributed by atoms with Gasteiger partial charge in [-0.2, -0.15) is 0 Å². The monoisotopic (exact) mass is 771 g/mol. The van der Waals surface area contributed by atoms with Crippen molar-refractivity contribution in [3.8, 4) is 0 Å². The van der Waals surface area contributed by atoms with Crippen LogP contribution >= 0.6 is 0 Å². The second-order valence-corrected chi connectivity index (χ2v) is 15.3. The molecule has 0 radical (unpaired) electrons. The first-order chi connectivity index (χ1) is 25.5. The summed E-state index contributed by atoms with van der Waals surface area (Å²) >= 11 is 0. The van der Waals surface area contributed by atoms with Gasteiger partial charge in [-0.1, -0.05) is 38.2 Å². The Kier molecular flexibility index (Phi) is 18.2. The number of methoxy groups -OCH3 is 2. The smallest absolute Gasteiger partial charge is 0.308 e. The number of aliphatic hydroxyl groups excluding tert-OH is 2. The first-order valence-corrected chi connectivity index (χ1v) is 19.1. The number of carbonyl (C=O) groups excluding carboxylic acids is 3. The van der Waals surface area contributed by atoms with Crippen LogP contribution in [0.4, 0.5) is 0 Å².